The molecule has 1 aromatic heterocycles. The van der Waals surface area contributed by atoms with Crippen LogP contribution in [-0.2, 0) is 14.6 Å². The zero-order chi connectivity index (χ0) is 24.3. The van der Waals surface area contributed by atoms with Crippen LogP contribution in [0.4, 0.5) is 0 Å². The summed E-state index contributed by atoms with van der Waals surface area (Å²) in [6.45, 7) is 4.49. The van der Waals surface area contributed by atoms with Gasteiger partial charge in [-0.25, -0.2) is 8.42 Å². The molecule has 0 bridgehead atoms. The number of para-hydroxylation sites is 1. The van der Waals surface area contributed by atoms with Gasteiger partial charge in [-0.1, -0.05) is 65.4 Å². The lowest BCUT2D eigenvalue weighted by molar-refractivity contribution is 0.0280. The van der Waals surface area contributed by atoms with E-state index >= 15 is 0 Å². The molecule has 1 fully saturated rings. The Morgan fingerprint density at radius 3 is 2.40 bits per heavy atom. The van der Waals surface area contributed by atoms with Crippen LogP contribution in [0.25, 0.3) is 11.0 Å². The van der Waals surface area contributed by atoms with Crippen molar-refractivity contribution in [2.75, 3.05) is 32.2 Å². The number of fused-ring (bicyclic) bond motifs is 1. The van der Waals surface area contributed by atoms with E-state index in [1.165, 1.54) is 0 Å². The van der Waals surface area contributed by atoms with Crippen molar-refractivity contribution in [2.45, 2.75) is 17.9 Å². The molecule has 4 aromatic rings. The van der Waals surface area contributed by atoms with E-state index in [0.717, 1.165) is 22.2 Å². The minimum atomic E-state index is -3.66. The van der Waals surface area contributed by atoms with Crippen LogP contribution < -0.4 is 0 Å². The molecule has 1 aliphatic heterocycles. The summed E-state index contributed by atoms with van der Waals surface area (Å²) in [5, 5.41) is 8.72. The van der Waals surface area contributed by atoms with E-state index in [1.807, 2.05) is 61.5 Å². The lowest BCUT2D eigenvalue weighted by Gasteiger charge is -2.35. The number of hydrogen-bond donors (Lipinski definition) is 0. The smallest absolute Gasteiger partial charge is 0.198 e. The Hall–Kier alpha value is -3.40. The number of aliphatic imine (C=N–C) groups is 1. The number of rotatable bonds is 6. The quantitative estimate of drug-likeness (QED) is 0.304. The van der Waals surface area contributed by atoms with Gasteiger partial charge in [-0.3, -0.25) is 9.89 Å². The average Bonchev–Trinajstić information content (AvgIpc) is 3.32. The third-order valence-electron chi connectivity index (χ3n) is 6.12. The van der Waals surface area contributed by atoms with Crippen LogP contribution in [0.1, 0.15) is 17.2 Å². The highest BCUT2D eigenvalue weighted by atomic mass is 32.2. The first-order valence-electron chi connectivity index (χ1n) is 11.5. The topological polar surface area (TPSA) is 89.7 Å². The van der Waals surface area contributed by atoms with Gasteiger partial charge in [-0.05, 0) is 36.8 Å². The number of benzene rings is 3. The van der Waals surface area contributed by atoms with E-state index in [0.29, 0.717) is 32.1 Å². The van der Waals surface area contributed by atoms with Crippen LogP contribution in [0, 0.1) is 6.92 Å². The van der Waals surface area contributed by atoms with Gasteiger partial charge >= 0.3 is 0 Å². The number of aromatic nitrogens is 3. The molecule has 5 rings (SSSR count). The first-order chi connectivity index (χ1) is 17.0. The van der Waals surface area contributed by atoms with Crippen LogP contribution in [0.5, 0.6) is 0 Å². The summed E-state index contributed by atoms with van der Waals surface area (Å²) < 4.78 is 33.7. The Bertz CT molecular complexity index is 1430. The van der Waals surface area contributed by atoms with Crippen molar-refractivity contribution in [3.05, 3.63) is 90.0 Å². The second kappa shape index (κ2) is 10.1. The van der Waals surface area contributed by atoms with E-state index in [9.17, 15) is 8.42 Å². The number of aryl methyl sites for hydroxylation is 1. The summed E-state index contributed by atoms with van der Waals surface area (Å²) in [6, 6.07) is 24.1. The van der Waals surface area contributed by atoms with Crippen LogP contribution in [0.3, 0.4) is 0 Å². The highest BCUT2D eigenvalue weighted by Crippen LogP contribution is 2.26. The largest absolute Gasteiger partial charge is 0.379 e. The molecule has 1 saturated heterocycles. The maximum absolute atomic E-state index is 13.2. The molecular weight excluding hydrogens is 462 g/mol. The number of ether oxygens (including phenoxy) is 1. The molecule has 0 amide bonds. The van der Waals surface area contributed by atoms with Crippen molar-refractivity contribution in [2.24, 2.45) is 4.99 Å². The summed E-state index contributed by atoms with van der Waals surface area (Å²) in [7, 11) is -3.66. The van der Waals surface area contributed by atoms with E-state index in [4.69, 9.17) is 9.73 Å². The van der Waals surface area contributed by atoms with E-state index in [2.05, 4.69) is 15.2 Å². The summed E-state index contributed by atoms with van der Waals surface area (Å²) in [5.41, 5.74) is 3.49. The molecule has 35 heavy (non-hydrogen) atoms. The third-order valence-corrected chi connectivity index (χ3v) is 7.58. The molecule has 1 unspecified atom stereocenters. The van der Waals surface area contributed by atoms with Gasteiger partial charge in [0.05, 0.1) is 29.7 Å². The average molecular weight is 490 g/mol. The van der Waals surface area contributed by atoms with E-state index in [1.54, 1.807) is 28.9 Å². The summed E-state index contributed by atoms with van der Waals surface area (Å²) >= 11 is 0. The molecule has 0 saturated carbocycles. The fourth-order valence-electron chi connectivity index (χ4n) is 4.27. The molecule has 1 aliphatic rings. The molecule has 9 heteroatoms. The van der Waals surface area contributed by atoms with Crippen molar-refractivity contribution in [3.63, 3.8) is 0 Å². The fourth-order valence-corrected chi connectivity index (χ4v) is 5.27. The van der Waals surface area contributed by atoms with Crippen LogP contribution >= 0.6 is 0 Å². The van der Waals surface area contributed by atoms with Crippen molar-refractivity contribution in [3.8, 4) is 0 Å². The zero-order valence-electron chi connectivity index (χ0n) is 19.5. The van der Waals surface area contributed by atoms with Gasteiger partial charge < -0.3 is 4.74 Å². The highest BCUT2D eigenvalue weighted by Gasteiger charge is 2.30. The molecule has 0 N–H and O–H groups in total. The molecule has 2 heterocycles. The Morgan fingerprint density at radius 2 is 1.66 bits per heavy atom. The van der Waals surface area contributed by atoms with E-state index in [-0.39, 0.29) is 10.9 Å². The Morgan fingerprint density at radius 1 is 0.971 bits per heavy atom. The predicted octanol–water partition coefficient (Wildman–Crippen LogP) is 3.49. The Balaban J connectivity index is 1.64. The molecule has 0 spiro atoms. The van der Waals surface area contributed by atoms with Crippen molar-refractivity contribution >= 4 is 26.7 Å². The minimum absolute atomic E-state index is 0.247. The SMILES string of the molecule is Cc1ccc(S(=O)(=O)CN=C(C(c2ccccc2)N2CCOCC2)n2nnc3ccccc32)cc1. The summed E-state index contributed by atoms with van der Waals surface area (Å²) in [4.78, 5) is 7.25. The number of hydrogen-bond acceptors (Lipinski definition) is 7. The normalized spacial score (nSPS) is 16.4. The first kappa shape index (κ1) is 23.3. The summed E-state index contributed by atoms with van der Waals surface area (Å²) in [6.07, 6.45) is 0. The van der Waals surface area contributed by atoms with Gasteiger partial charge in [0, 0.05) is 13.1 Å². The number of morpholine rings is 1. The lowest BCUT2D eigenvalue weighted by atomic mass is 10.0. The molecule has 1 atom stereocenters. The van der Waals surface area contributed by atoms with Crippen LogP contribution in [0.2, 0.25) is 0 Å². The van der Waals surface area contributed by atoms with Gasteiger partial charge in [0.15, 0.2) is 9.84 Å². The highest BCUT2D eigenvalue weighted by molar-refractivity contribution is 7.91. The minimum Gasteiger partial charge on any atom is -0.379 e. The standard InChI is InChI=1S/C26H27N5O3S/c1-20-11-13-22(14-12-20)35(32,33)19-27-26(31-24-10-6-5-9-23(24)28-29-31)25(21-7-3-2-4-8-21)30-15-17-34-18-16-30/h2-14,25H,15-19H2,1H3. The number of sulfone groups is 1. The molecule has 0 aliphatic carbocycles. The maximum Gasteiger partial charge on any atom is 0.198 e. The molecular formula is C26H27N5O3S. The molecule has 3 aromatic carbocycles. The fraction of sp³-hybridized carbons (Fsp3) is 0.269. The van der Waals surface area contributed by atoms with Gasteiger partial charge in [0.1, 0.15) is 17.2 Å². The van der Waals surface area contributed by atoms with Gasteiger partial charge in [-0.2, -0.15) is 4.68 Å². The Kier molecular flexibility index (Phi) is 6.72. The maximum atomic E-state index is 13.2. The second-order valence-electron chi connectivity index (χ2n) is 8.52. The van der Waals surface area contributed by atoms with Gasteiger partial charge in [0.2, 0.25) is 0 Å². The monoisotopic (exact) mass is 489 g/mol. The molecule has 8 nitrogen and oxygen atoms in total. The van der Waals surface area contributed by atoms with Crippen molar-refractivity contribution in [1.82, 2.24) is 19.9 Å². The van der Waals surface area contributed by atoms with E-state index < -0.39 is 15.7 Å². The summed E-state index contributed by atoms with van der Waals surface area (Å²) in [5.74, 6) is 0.121. The Labute approximate surface area is 204 Å². The van der Waals surface area contributed by atoms with Crippen LogP contribution in [-0.4, -0.2) is 66.3 Å². The van der Waals surface area contributed by atoms with Crippen LogP contribution in [0.15, 0.2) is 88.8 Å². The molecule has 180 valence electrons. The van der Waals surface area contributed by atoms with Gasteiger partial charge in [0.25, 0.3) is 0 Å². The molecule has 0 radical (unpaired) electrons. The lowest BCUT2D eigenvalue weighted by Crippen LogP contribution is -2.44. The van der Waals surface area contributed by atoms with Crippen molar-refractivity contribution < 1.29 is 13.2 Å². The predicted molar refractivity (Wildman–Crippen MR) is 135 cm³/mol. The third kappa shape index (κ3) is 5.02. The first-order valence-corrected chi connectivity index (χ1v) is 13.2. The number of nitrogens with zero attached hydrogens (tertiary/aromatic N) is 5. The second-order valence-corrected chi connectivity index (χ2v) is 10.5. The zero-order valence-corrected chi connectivity index (χ0v) is 20.3. The van der Waals surface area contributed by atoms with Gasteiger partial charge in [-0.15, -0.1) is 5.10 Å². The van der Waals surface area contributed by atoms with Crippen molar-refractivity contribution in [1.29, 1.82) is 0 Å².